The number of benzene rings is 1. The van der Waals surface area contributed by atoms with Crippen LogP contribution in [0.15, 0.2) is 18.2 Å². The van der Waals surface area contributed by atoms with Crippen molar-refractivity contribution in [1.29, 1.82) is 0 Å². The number of anilines is 1. The number of hydrazine groups is 1. The van der Waals surface area contributed by atoms with Gasteiger partial charge in [0.1, 0.15) is 0 Å². The quantitative estimate of drug-likeness (QED) is 0.443. The molecule has 0 radical (unpaired) electrons. The Morgan fingerprint density at radius 2 is 1.87 bits per heavy atom. The molecule has 0 unspecified atom stereocenters. The number of carbonyl (C=O) groups is 1. The number of rotatable bonds is 3. The predicted molar refractivity (Wildman–Crippen MR) is 65.0 cm³/mol. The van der Waals surface area contributed by atoms with E-state index in [1.807, 2.05) is 0 Å². The maximum atomic E-state index is 9.97. The first-order chi connectivity index (χ1) is 7.11. The van der Waals surface area contributed by atoms with Gasteiger partial charge in [0.25, 0.3) is 0 Å². The number of carbonyl (C=O) groups excluding carboxylic acids is 1. The number of hydrogen-bond acceptors (Lipinski definition) is 2. The molecule has 0 fully saturated rings. The van der Waals surface area contributed by atoms with E-state index in [2.05, 4.69) is 16.2 Å². The van der Waals surface area contributed by atoms with E-state index >= 15 is 0 Å². The van der Waals surface area contributed by atoms with Gasteiger partial charge in [0.05, 0.1) is 0 Å². The fourth-order valence-corrected chi connectivity index (χ4v) is 1.59. The highest BCUT2D eigenvalue weighted by Gasteiger charge is 1.99. The number of thiocarbonyl (C=S) groups is 1. The standard InChI is InChI=1S/C8H7Cl2N3OS/c9-5-1-6(10)3-7(2-5)12-8(15)13-11-4-14/h1-4H,(H,11,14)(H2,12,13,15). The van der Waals surface area contributed by atoms with Gasteiger partial charge in [0.2, 0.25) is 6.41 Å². The maximum absolute atomic E-state index is 9.97. The lowest BCUT2D eigenvalue weighted by atomic mass is 10.3. The molecule has 4 nitrogen and oxygen atoms in total. The summed E-state index contributed by atoms with van der Waals surface area (Å²) in [5, 5.41) is 4.02. The van der Waals surface area contributed by atoms with Crippen molar-refractivity contribution in [1.82, 2.24) is 10.9 Å². The first-order valence-corrected chi connectivity index (χ1v) is 5.00. The molecule has 0 aliphatic heterocycles. The molecule has 0 saturated heterocycles. The average Bonchev–Trinajstić information content (AvgIpc) is 2.13. The summed E-state index contributed by atoms with van der Waals surface area (Å²) in [6.45, 7) is 0. The van der Waals surface area contributed by atoms with Crippen LogP contribution in [0.25, 0.3) is 0 Å². The maximum Gasteiger partial charge on any atom is 0.225 e. The van der Waals surface area contributed by atoms with Crippen LogP contribution in [0.3, 0.4) is 0 Å². The van der Waals surface area contributed by atoms with E-state index < -0.39 is 0 Å². The SMILES string of the molecule is O=CNNC(=S)Nc1cc(Cl)cc(Cl)c1. The Morgan fingerprint density at radius 3 is 2.40 bits per heavy atom. The van der Waals surface area contributed by atoms with Crippen LogP contribution in [-0.2, 0) is 4.79 Å². The molecule has 0 aliphatic rings. The van der Waals surface area contributed by atoms with E-state index in [4.69, 9.17) is 35.4 Å². The molecule has 7 heteroatoms. The second-order valence-corrected chi connectivity index (χ2v) is 3.78. The van der Waals surface area contributed by atoms with Crippen LogP contribution in [0.2, 0.25) is 10.0 Å². The smallest absolute Gasteiger partial charge is 0.225 e. The molecule has 1 amide bonds. The second-order valence-electron chi connectivity index (χ2n) is 2.50. The molecule has 15 heavy (non-hydrogen) atoms. The van der Waals surface area contributed by atoms with Gasteiger partial charge in [-0.05, 0) is 30.4 Å². The van der Waals surface area contributed by atoms with Crippen LogP contribution in [-0.4, -0.2) is 11.5 Å². The molecule has 3 N–H and O–H groups in total. The van der Waals surface area contributed by atoms with Crippen LogP contribution in [0.1, 0.15) is 0 Å². The van der Waals surface area contributed by atoms with Crippen LogP contribution in [0.4, 0.5) is 5.69 Å². The molecule has 0 aromatic heterocycles. The molecule has 0 aliphatic carbocycles. The van der Waals surface area contributed by atoms with Gasteiger partial charge in [0, 0.05) is 15.7 Å². The molecular formula is C8H7Cl2N3OS. The van der Waals surface area contributed by atoms with Crippen molar-refractivity contribution < 1.29 is 4.79 Å². The normalized spacial score (nSPS) is 9.20. The summed E-state index contributed by atoms with van der Waals surface area (Å²) in [6, 6.07) is 4.92. The van der Waals surface area contributed by atoms with Crippen molar-refractivity contribution in [2.45, 2.75) is 0 Å². The van der Waals surface area contributed by atoms with Crippen molar-refractivity contribution in [3.63, 3.8) is 0 Å². The highest BCUT2D eigenvalue weighted by atomic mass is 35.5. The Labute approximate surface area is 102 Å². The second kappa shape index (κ2) is 5.75. The topological polar surface area (TPSA) is 53.2 Å². The van der Waals surface area contributed by atoms with E-state index in [1.165, 1.54) is 0 Å². The molecule has 1 rings (SSSR count). The molecule has 80 valence electrons. The summed E-state index contributed by atoms with van der Waals surface area (Å²) in [5.41, 5.74) is 5.27. The molecule has 0 bridgehead atoms. The fourth-order valence-electron chi connectivity index (χ4n) is 0.883. The molecular weight excluding hydrogens is 257 g/mol. The van der Waals surface area contributed by atoms with Gasteiger partial charge >= 0.3 is 0 Å². The van der Waals surface area contributed by atoms with Gasteiger partial charge in [-0.2, -0.15) is 0 Å². The summed E-state index contributed by atoms with van der Waals surface area (Å²) < 4.78 is 0. The summed E-state index contributed by atoms with van der Waals surface area (Å²) >= 11 is 16.4. The van der Waals surface area contributed by atoms with Crippen LogP contribution in [0.5, 0.6) is 0 Å². The van der Waals surface area contributed by atoms with E-state index in [-0.39, 0.29) is 5.11 Å². The summed E-state index contributed by atoms with van der Waals surface area (Å²) in [4.78, 5) is 9.97. The molecule has 1 aromatic rings. The van der Waals surface area contributed by atoms with Crippen molar-refractivity contribution in [3.8, 4) is 0 Å². The Kier molecular flexibility index (Phi) is 4.61. The monoisotopic (exact) mass is 263 g/mol. The fraction of sp³-hybridized carbons (Fsp3) is 0. The lowest BCUT2D eigenvalue weighted by Crippen LogP contribution is -2.39. The zero-order valence-electron chi connectivity index (χ0n) is 7.38. The first kappa shape index (κ1) is 12.0. The Hall–Kier alpha value is -1.04. The van der Waals surface area contributed by atoms with Gasteiger partial charge in [-0.25, -0.2) is 0 Å². The number of halogens is 2. The van der Waals surface area contributed by atoms with Gasteiger partial charge in [-0.3, -0.25) is 15.6 Å². The van der Waals surface area contributed by atoms with Crippen molar-refractivity contribution in [2.24, 2.45) is 0 Å². The van der Waals surface area contributed by atoms with Crippen molar-refractivity contribution in [2.75, 3.05) is 5.32 Å². The van der Waals surface area contributed by atoms with Crippen LogP contribution >= 0.6 is 35.4 Å². The zero-order chi connectivity index (χ0) is 11.3. The average molecular weight is 264 g/mol. The first-order valence-electron chi connectivity index (χ1n) is 3.84. The zero-order valence-corrected chi connectivity index (χ0v) is 9.71. The lowest BCUT2D eigenvalue weighted by Gasteiger charge is -2.09. The predicted octanol–water partition coefficient (Wildman–Crippen LogP) is 1.94. The molecule has 1 aromatic carbocycles. The number of amides is 1. The van der Waals surface area contributed by atoms with Gasteiger partial charge < -0.3 is 5.32 Å². The van der Waals surface area contributed by atoms with Gasteiger partial charge in [0.15, 0.2) is 5.11 Å². The summed E-state index contributed by atoms with van der Waals surface area (Å²) in [7, 11) is 0. The molecule has 0 saturated carbocycles. The number of nitrogens with one attached hydrogen (secondary N) is 3. The Bertz CT molecular complexity index is 366. The van der Waals surface area contributed by atoms with E-state index in [9.17, 15) is 4.79 Å². The van der Waals surface area contributed by atoms with Gasteiger partial charge in [-0.15, -0.1) is 0 Å². The largest absolute Gasteiger partial charge is 0.331 e. The minimum absolute atomic E-state index is 0.237. The van der Waals surface area contributed by atoms with E-state index in [0.717, 1.165) is 0 Å². The molecule has 0 spiro atoms. The van der Waals surface area contributed by atoms with Crippen molar-refractivity contribution in [3.05, 3.63) is 28.2 Å². The lowest BCUT2D eigenvalue weighted by molar-refractivity contribution is -0.110. The van der Waals surface area contributed by atoms with Crippen LogP contribution < -0.4 is 16.2 Å². The third kappa shape index (κ3) is 4.33. The summed E-state index contributed by atoms with van der Waals surface area (Å²) in [6.07, 6.45) is 0.471. The van der Waals surface area contributed by atoms with Gasteiger partial charge in [-0.1, -0.05) is 23.2 Å². The highest BCUT2D eigenvalue weighted by molar-refractivity contribution is 7.80. The van der Waals surface area contributed by atoms with Crippen molar-refractivity contribution >= 4 is 52.6 Å². The molecule has 0 heterocycles. The van der Waals surface area contributed by atoms with Crippen LogP contribution in [0, 0.1) is 0 Å². The summed E-state index contributed by atoms with van der Waals surface area (Å²) in [5.74, 6) is 0. The van der Waals surface area contributed by atoms with E-state index in [1.54, 1.807) is 18.2 Å². The Morgan fingerprint density at radius 1 is 1.27 bits per heavy atom. The highest BCUT2D eigenvalue weighted by Crippen LogP contribution is 2.22. The minimum Gasteiger partial charge on any atom is -0.331 e. The Balaban J connectivity index is 2.63. The third-order valence-corrected chi connectivity index (χ3v) is 2.01. The third-order valence-electron chi connectivity index (χ3n) is 1.37. The number of hydrogen-bond donors (Lipinski definition) is 3. The minimum atomic E-state index is 0.237. The van der Waals surface area contributed by atoms with E-state index in [0.29, 0.717) is 22.1 Å². The molecule has 0 atom stereocenters.